The average Bonchev–Trinajstić information content (AvgIpc) is 2.38. The predicted octanol–water partition coefficient (Wildman–Crippen LogP) is 3.38. The number of carbonyl (C=O) groups is 1. The lowest BCUT2D eigenvalue weighted by Gasteiger charge is -2.09. The minimum absolute atomic E-state index is 0.129. The summed E-state index contributed by atoms with van der Waals surface area (Å²) in [6.45, 7) is 5.21. The van der Waals surface area contributed by atoms with Gasteiger partial charge in [0.1, 0.15) is 11.4 Å². The molecule has 1 aromatic heterocycles. The number of aromatic nitrogens is 1. The topological polar surface area (TPSA) is 88.2 Å². The lowest BCUT2D eigenvalue weighted by atomic mass is 10.0. The van der Waals surface area contributed by atoms with E-state index in [2.05, 4.69) is 24.1 Å². The summed E-state index contributed by atoms with van der Waals surface area (Å²) in [5.74, 6) is 0.156. The second kappa shape index (κ2) is 8.40. The third-order valence-electron chi connectivity index (χ3n) is 3.14. The first-order chi connectivity index (χ1) is 9.50. The molecule has 0 unspecified atom stereocenters. The van der Waals surface area contributed by atoms with Crippen molar-refractivity contribution in [2.75, 3.05) is 17.6 Å². The van der Waals surface area contributed by atoms with E-state index in [0.29, 0.717) is 11.5 Å². The first kappa shape index (κ1) is 16.3. The Kier molecular flexibility index (Phi) is 6.84. The quantitative estimate of drug-likeness (QED) is 0.603. The maximum Gasteiger partial charge on any atom is 0.339 e. The second-order valence-electron chi connectivity index (χ2n) is 5.49. The van der Waals surface area contributed by atoms with Crippen LogP contribution in [0.4, 0.5) is 11.5 Å². The number of carboxylic acid groups (broad SMARTS) is 1. The average molecular weight is 279 g/mol. The molecule has 5 nitrogen and oxygen atoms in total. The Morgan fingerprint density at radius 1 is 1.35 bits per heavy atom. The predicted molar refractivity (Wildman–Crippen MR) is 82.0 cm³/mol. The number of nitrogens with two attached hydrogens (primary N) is 1. The number of aromatic carboxylic acids is 1. The highest BCUT2D eigenvalue weighted by molar-refractivity contribution is 5.94. The third-order valence-corrected chi connectivity index (χ3v) is 3.14. The maximum atomic E-state index is 11.1. The summed E-state index contributed by atoms with van der Waals surface area (Å²) in [4.78, 5) is 15.1. The van der Waals surface area contributed by atoms with E-state index in [1.165, 1.54) is 31.5 Å². The zero-order valence-corrected chi connectivity index (χ0v) is 12.4. The molecule has 0 aliphatic heterocycles. The smallest absolute Gasteiger partial charge is 0.339 e. The largest absolute Gasteiger partial charge is 0.478 e. The van der Waals surface area contributed by atoms with Gasteiger partial charge in [0, 0.05) is 6.54 Å². The van der Waals surface area contributed by atoms with Crippen LogP contribution in [0.25, 0.3) is 0 Å². The van der Waals surface area contributed by atoms with Gasteiger partial charge in [-0.15, -0.1) is 0 Å². The summed E-state index contributed by atoms with van der Waals surface area (Å²) in [6.07, 6.45) is 7.40. The minimum atomic E-state index is -1.01. The van der Waals surface area contributed by atoms with Crippen LogP contribution in [0, 0.1) is 5.92 Å². The Bertz CT molecular complexity index is 433. The highest BCUT2D eigenvalue weighted by Gasteiger charge is 2.11. The molecular weight excluding hydrogens is 254 g/mol. The van der Waals surface area contributed by atoms with E-state index in [0.717, 1.165) is 25.3 Å². The summed E-state index contributed by atoms with van der Waals surface area (Å²) >= 11 is 0. The number of hydrogen-bond donors (Lipinski definition) is 3. The highest BCUT2D eigenvalue weighted by atomic mass is 16.4. The van der Waals surface area contributed by atoms with Crippen molar-refractivity contribution >= 4 is 17.5 Å². The van der Waals surface area contributed by atoms with Crippen molar-refractivity contribution in [1.82, 2.24) is 4.98 Å². The van der Waals surface area contributed by atoms with Crippen LogP contribution in [0.5, 0.6) is 0 Å². The molecule has 4 N–H and O–H groups in total. The lowest BCUT2D eigenvalue weighted by molar-refractivity contribution is 0.0697. The normalized spacial score (nSPS) is 10.8. The van der Waals surface area contributed by atoms with Crippen molar-refractivity contribution < 1.29 is 9.90 Å². The number of nitrogens with zero attached hydrogens (tertiary/aromatic N) is 1. The maximum absolute atomic E-state index is 11.1. The molecule has 0 bridgehead atoms. The summed E-state index contributed by atoms with van der Waals surface area (Å²) in [5.41, 5.74) is 6.04. The van der Waals surface area contributed by atoms with Crippen LogP contribution < -0.4 is 11.1 Å². The summed E-state index contributed by atoms with van der Waals surface area (Å²) < 4.78 is 0. The van der Waals surface area contributed by atoms with E-state index in [1.807, 2.05) is 0 Å². The highest BCUT2D eigenvalue weighted by Crippen LogP contribution is 2.16. The zero-order chi connectivity index (χ0) is 15.0. The zero-order valence-electron chi connectivity index (χ0n) is 12.4. The van der Waals surface area contributed by atoms with Gasteiger partial charge in [0.25, 0.3) is 0 Å². The molecule has 0 aliphatic carbocycles. The standard InChI is InChI=1S/C15H25N3O2/c1-11(2)7-5-3-4-6-8-17-14-13(15(19)20)9-12(16)10-18-14/h9-11H,3-8,16H2,1-2H3,(H,17,18)(H,19,20). The van der Waals surface area contributed by atoms with Crippen molar-refractivity contribution in [3.63, 3.8) is 0 Å². The molecule has 0 fully saturated rings. The fourth-order valence-corrected chi connectivity index (χ4v) is 2.02. The Hall–Kier alpha value is -1.78. The number of hydrogen-bond acceptors (Lipinski definition) is 4. The van der Waals surface area contributed by atoms with Crippen LogP contribution in [0.2, 0.25) is 0 Å². The number of nitrogen functional groups attached to an aromatic ring is 1. The van der Waals surface area contributed by atoms with Gasteiger partial charge in [-0.1, -0.05) is 39.5 Å². The van der Waals surface area contributed by atoms with Crippen LogP contribution in [0.15, 0.2) is 12.3 Å². The van der Waals surface area contributed by atoms with Gasteiger partial charge >= 0.3 is 5.97 Å². The molecule has 1 heterocycles. The number of nitrogens with one attached hydrogen (secondary N) is 1. The Morgan fingerprint density at radius 2 is 2.05 bits per heavy atom. The fraction of sp³-hybridized carbons (Fsp3) is 0.600. The van der Waals surface area contributed by atoms with Crippen LogP contribution in [0.1, 0.15) is 56.3 Å². The van der Waals surface area contributed by atoms with E-state index < -0.39 is 5.97 Å². The SMILES string of the molecule is CC(C)CCCCCCNc1ncc(N)cc1C(=O)O. The molecule has 0 aliphatic rings. The van der Waals surface area contributed by atoms with Crippen LogP contribution in [-0.2, 0) is 0 Å². The minimum Gasteiger partial charge on any atom is -0.478 e. The Labute approximate surface area is 120 Å². The van der Waals surface area contributed by atoms with Crippen molar-refractivity contribution in [3.8, 4) is 0 Å². The van der Waals surface area contributed by atoms with Gasteiger partial charge in [-0.2, -0.15) is 0 Å². The van der Waals surface area contributed by atoms with Crippen LogP contribution >= 0.6 is 0 Å². The molecule has 0 atom stereocenters. The molecule has 1 rings (SSSR count). The van der Waals surface area contributed by atoms with Gasteiger partial charge in [0.05, 0.1) is 11.9 Å². The molecule has 0 spiro atoms. The van der Waals surface area contributed by atoms with Crippen LogP contribution in [-0.4, -0.2) is 22.6 Å². The molecular formula is C15H25N3O2. The first-order valence-corrected chi connectivity index (χ1v) is 7.23. The lowest BCUT2D eigenvalue weighted by Crippen LogP contribution is -2.10. The summed E-state index contributed by atoms with van der Waals surface area (Å²) in [6, 6.07) is 1.43. The molecule has 0 aromatic carbocycles. The van der Waals surface area contributed by atoms with Crippen molar-refractivity contribution in [2.45, 2.75) is 46.0 Å². The number of rotatable bonds is 9. The second-order valence-corrected chi connectivity index (χ2v) is 5.49. The Balaban J connectivity index is 2.30. The molecule has 0 saturated heterocycles. The molecule has 5 heteroatoms. The van der Waals surface area contributed by atoms with Gasteiger partial charge < -0.3 is 16.2 Å². The molecule has 0 amide bonds. The fourth-order valence-electron chi connectivity index (χ4n) is 2.02. The third kappa shape index (κ3) is 5.91. The van der Waals surface area contributed by atoms with E-state index in [4.69, 9.17) is 10.8 Å². The van der Waals surface area contributed by atoms with Gasteiger partial charge in [-0.25, -0.2) is 9.78 Å². The van der Waals surface area contributed by atoms with E-state index >= 15 is 0 Å². The number of unbranched alkanes of at least 4 members (excludes halogenated alkanes) is 3. The van der Waals surface area contributed by atoms with Gasteiger partial charge in [0.15, 0.2) is 0 Å². The Morgan fingerprint density at radius 3 is 2.70 bits per heavy atom. The molecule has 0 saturated carbocycles. The molecule has 112 valence electrons. The number of pyridine rings is 1. The van der Waals surface area contributed by atoms with Gasteiger partial charge in [-0.3, -0.25) is 0 Å². The number of carboxylic acids is 1. The van der Waals surface area contributed by atoms with E-state index in [9.17, 15) is 4.79 Å². The molecule has 1 aromatic rings. The van der Waals surface area contributed by atoms with Crippen LogP contribution in [0.3, 0.4) is 0 Å². The van der Waals surface area contributed by atoms with Crippen molar-refractivity contribution in [3.05, 3.63) is 17.8 Å². The van der Waals surface area contributed by atoms with E-state index in [-0.39, 0.29) is 5.56 Å². The van der Waals surface area contributed by atoms with Gasteiger partial charge in [-0.05, 0) is 18.4 Å². The molecule has 0 radical (unpaired) electrons. The number of anilines is 2. The van der Waals surface area contributed by atoms with Crippen molar-refractivity contribution in [1.29, 1.82) is 0 Å². The van der Waals surface area contributed by atoms with Gasteiger partial charge in [0.2, 0.25) is 0 Å². The van der Waals surface area contributed by atoms with E-state index in [1.54, 1.807) is 0 Å². The molecule has 20 heavy (non-hydrogen) atoms. The summed E-state index contributed by atoms with van der Waals surface area (Å²) in [5, 5.41) is 12.2. The monoisotopic (exact) mass is 279 g/mol. The van der Waals surface area contributed by atoms with Crippen molar-refractivity contribution in [2.24, 2.45) is 5.92 Å². The first-order valence-electron chi connectivity index (χ1n) is 7.23. The summed E-state index contributed by atoms with van der Waals surface area (Å²) in [7, 11) is 0.